The molecule has 0 spiro atoms. The number of amides is 1. The lowest BCUT2D eigenvalue weighted by atomic mass is 9.93. The third-order valence-corrected chi connectivity index (χ3v) is 6.44. The number of nitrogens with zero attached hydrogens (tertiary/aromatic N) is 3. The van der Waals surface area contributed by atoms with Gasteiger partial charge in [-0.3, -0.25) is 9.69 Å². The van der Waals surface area contributed by atoms with Gasteiger partial charge in [-0.05, 0) is 61.3 Å². The average molecular weight is 471 g/mol. The van der Waals surface area contributed by atoms with Crippen molar-refractivity contribution in [2.75, 3.05) is 13.1 Å². The second-order valence-electron chi connectivity index (χ2n) is 8.83. The maximum absolute atomic E-state index is 13.2. The molecule has 35 heavy (non-hydrogen) atoms. The Morgan fingerprint density at radius 2 is 1.54 bits per heavy atom. The van der Waals surface area contributed by atoms with Crippen molar-refractivity contribution in [2.24, 2.45) is 5.92 Å². The van der Waals surface area contributed by atoms with Gasteiger partial charge in [-0.25, -0.2) is 4.39 Å². The number of carbonyl (C=O) groups is 1. The zero-order chi connectivity index (χ0) is 24.0. The second-order valence-corrected chi connectivity index (χ2v) is 8.83. The molecule has 3 aromatic carbocycles. The first-order chi connectivity index (χ1) is 17.2. The first kappa shape index (κ1) is 22.9. The fraction of sp³-hybridized carbons (Fsp3) is 0.250. The van der Waals surface area contributed by atoms with Crippen LogP contribution < -0.4 is 5.32 Å². The van der Waals surface area contributed by atoms with E-state index >= 15 is 0 Å². The highest BCUT2D eigenvalue weighted by Crippen LogP contribution is 2.25. The first-order valence-electron chi connectivity index (χ1n) is 11.9. The molecule has 1 amide bonds. The Morgan fingerprint density at radius 1 is 0.943 bits per heavy atom. The topological polar surface area (TPSA) is 71.3 Å². The summed E-state index contributed by atoms with van der Waals surface area (Å²) < 4.78 is 18.5. The van der Waals surface area contributed by atoms with Gasteiger partial charge in [0.05, 0.1) is 12.6 Å². The molecular formula is C28H27FN4O2. The van der Waals surface area contributed by atoms with Gasteiger partial charge >= 0.3 is 0 Å². The Morgan fingerprint density at radius 3 is 2.14 bits per heavy atom. The van der Waals surface area contributed by atoms with Crippen molar-refractivity contribution >= 4 is 5.91 Å². The van der Waals surface area contributed by atoms with Crippen molar-refractivity contribution in [3.63, 3.8) is 0 Å². The van der Waals surface area contributed by atoms with Gasteiger partial charge < -0.3 is 9.84 Å². The third-order valence-electron chi connectivity index (χ3n) is 6.44. The number of hydrogen-bond donors (Lipinski definition) is 1. The maximum Gasteiger partial charge on any atom is 0.241 e. The number of nitrogens with one attached hydrogen (secondary N) is 1. The standard InChI is InChI=1S/C28H27FN4O2/c29-24-13-11-22(12-14-24)27-30-25(35-32-27)19-33-17-15-23(16-18-33)28(34)31-26(20-7-3-1-4-8-20)21-9-5-2-6-10-21/h1-14,23,26H,15-19H2,(H,31,34). The van der Waals surface area contributed by atoms with E-state index in [1.807, 2.05) is 60.7 Å². The summed E-state index contributed by atoms with van der Waals surface area (Å²) in [5.74, 6) is 0.697. The predicted octanol–water partition coefficient (Wildman–Crippen LogP) is 4.99. The van der Waals surface area contributed by atoms with E-state index in [2.05, 4.69) is 20.4 Å². The Labute approximate surface area is 203 Å². The number of aromatic nitrogens is 2. The van der Waals surface area contributed by atoms with Gasteiger partial charge in [0.15, 0.2) is 0 Å². The van der Waals surface area contributed by atoms with Crippen LogP contribution in [-0.4, -0.2) is 34.0 Å². The van der Waals surface area contributed by atoms with E-state index in [1.54, 1.807) is 12.1 Å². The summed E-state index contributed by atoms with van der Waals surface area (Å²) in [7, 11) is 0. The van der Waals surface area contributed by atoms with Gasteiger partial charge in [0.25, 0.3) is 0 Å². The normalized spacial score (nSPS) is 14.8. The summed E-state index contributed by atoms with van der Waals surface area (Å²) in [6.07, 6.45) is 1.53. The third kappa shape index (κ3) is 5.63. The number of likely N-dealkylation sites (tertiary alicyclic amines) is 1. The van der Waals surface area contributed by atoms with Crippen molar-refractivity contribution in [3.8, 4) is 11.4 Å². The van der Waals surface area contributed by atoms with Crippen LogP contribution in [0.1, 0.15) is 35.9 Å². The summed E-state index contributed by atoms with van der Waals surface area (Å²) >= 11 is 0. The van der Waals surface area contributed by atoms with E-state index in [0.29, 0.717) is 23.8 Å². The van der Waals surface area contributed by atoms with Crippen molar-refractivity contribution in [3.05, 3.63) is 108 Å². The molecule has 0 aliphatic carbocycles. The van der Waals surface area contributed by atoms with Gasteiger partial charge in [0.1, 0.15) is 5.82 Å². The smallest absolute Gasteiger partial charge is 0.241 e. The predicted molar refractivity (Wildman–Crippen MR) is 131 cm³/mol. The average Bonchev–Trinajstić information content (AvgIpc) is 3.37. The number of benzene rings is 3. The van der Waals surface area contributed by atoms with Crippen LogP contribution in [0.15, 0.2) is 89.5 Å². The lowest BCUT2D eigenvalue weighted by Crippen LogP contribution is -2.41. The van der Waals surface area contributed by atoms with Crippen molar-refractivity contribution in [1.82, 2.24) is 20.4 Å². The molecule has 1 aliphatic rings. The van der Waals surface area contributed by atoms with E-state index in [0.717, 1.165) is 37.1 Å². The molecule has 0 radical (unpaired) electrons. The highest BCUT2D eigenvalue weighted by Gasteiger charge is 2.28. The van der Waals surface area contributed by atoms with Crippen molar-refractivity contribution in [1.29, 1.82) is 0 Å². The minimum absolute atomic E-state index is 0.0429. The Kier molecular flexibility index (Phi) is 6.95. The molecule has 0 unspecified atom stereocenters. The van der Waals surface area contributed by atoms with Gasteiger partial charge in [-0.1, -0.05) is 65.8 Å². The molecule has 1 aliphatic heterocycles. The van der Waals surface area contributed by atoms with Crippen LogP contribution in [0, 0.1) is 11.7 Å². The number of hydrogen-bond acceptors (Lipinski definition) is 5. The van der Waals surface area contributed by atoms with Crippen LogP contribution in [0.4, 0.5) is 4.39 Å². The van der Waals surface area contributed by atoms with Crippen molar-refractivity contribution < 1.29 is 13.7 Å². The highest BCUT2D eigenvalue weighted by molar-refractivity contribution is 5.79. The van der Waals surface area contributed by atoms with E-state index < -0.39 is 0 Å². The Bertz CT molecular complexity index is 1200. The molecule has 1 saturated heterocycles. The van der Waals surface area contributed by atoms with Gasteiger partial charge in [-0.15, -0.1) is 0 Å². The summed E-state index contributed by atoms with van der Waals surface area (Å²) in [5.41, 5.74) is 2.85. The van der Waals surface area contributed by atoms with E-state index in [9.17, 15) is 9.18 Å². The van der Waals surface area contributed by atoms with Crippen LogP contribution in [0.5, 0.6) is 0 Å². The van der Waals surface area contributed by atoms with Crippen LogP contribution in [0.2, 0.25) is 0 Å². The molecule has 1 N–H and O–H groups in total. The van der Waals surface area contributed by atoms with Gasteiger partial charge in [0.2, 0.25) is 17.6 Å². The minimum atomic E-state index is -0.303. The fourth-order valence-corrected chi connectivity index (χ4v) is 4.49. The summed E-state index contributed by atoms with van der Waals surface area (Å²) in [4.78, 5) is 19.9. The number of carbonyl (C=O) groups excluding carboxylic acids is 1. The molecule has 1 aromatic heterocycles. The molecule has 178 valence electrons. The van der Waals surface area contributed by atoms with Crippen molar-refractivity contribution in [2.45, 2.75) is 25.4 Å². The zero-order valence-electron chi connectivity index (χ0n) is 19.3. The Balaban J connectivity index is 1.18. The Hall–Kier alpha value is -3.84. The zero-order valence-corrected chi connectivity index (χ0v) is 19.3. The van der Waals surface area contributed by atoms with Gasteiger partial charge in [-0.2, -0.15) is 4.98 Å². The molecular weight excluding hydrogens is 443 g/mol. The van der Waals surface area contributed by atoms with Crippen LogP contribution >= 0.6 is 0 Å². The minimum Gasteiger partial charge on any atom is -0.345 e. The molecule has 0 atom stereocenters. The SMILES string of the molecule is O=C(NC(c1ccccc1)c1ccccc1)C1CCN(Cc2nc(-c3ccc(F)cc3)no2)CC1. The maximum atomic E-state index is 13.2. The van der Waals surface area contributed by atoms with Gasteiger partial charge in [0, 0.05) is 11.5 Å². The molecule has 4 aromatic rings. The molecule has 1 fully saturated rings. The molecule has 0 saturated carbocycles. The second kappa shape index (κ2) is 10.6. The first-order valence-corrected chi connectivity index (χ1v) is 11.9. The lowest BCUT2D eigenvalue weighted by molar-refractivity contribution is -0.127. The molecule has 7 heteroatoms. The van der Waals surface area contributed by atoms with E-state index in [4.69, 9.17) is 4.52 Å². The van der Waals surface area contributed by atoms with E-state index in [1.165, 1.54) is 12.1 Å². The number of halogens is 1. The quantitative estimate of drug-likeness (QED) is 0.412. The largest absolute Gasteiger partial charge is 0.345 e. The molecule has 2 heterocycles. The molecule has 6 nitrogen and oxygen atoms in total. The monoisotopic (exact) mass is 470 g/mol. The molecule has 5 rings (SSSR count). The summed E-state index contributed by atoms with van der Waals surface area (Å²) in [6, 6.07) is 26.0. The fourth-order valence-electron chi connectivity index (χ4n) is 4.49. The lowest BCUT2D eigenvalue weighted by Gasteiger charge is -2.31. The molecule has 0 bridgehead atoms. The van der Waals surface area contributed by atoms with Crippen LogP contribution in [0.3, 0.4) is 0 Å². The highest BCUT2D eigenvalue weighted by atomic mass is 19.1. The van der Waals surface area contributed by atoms with Crippen LogP contribution in [-0.2, 0) is 11.3 Å². The number of piperidine rings is 1. The van der Waals surface area contributed by atoms with E-state index in [-0.39, 0.29) is 23.7 Å². The summed E-state index contributed by atoms with van der Waals surface area (Å²) in [6.45, 7) is 2.07. The number of rotatable bonds is 7. The summed E-state index contributed by atoms with van der Waals surface area (Å²) in [5, 5.41) is 7.30. The van der Waals surface area contributed by atoms with Crippen LogP contribution in [0.25, 0.3) is 11.4 Å².